The van der Waals surface area contributed by atoms with E-state index in [1.165, 1.54) is 5.57 Å². The number of hydrogen-bond donors (Lipinski definition) is 1. The minimum Gasteiger partial charge on any atom is -0.330 e. The number of nitrogens with zero attached hydrogens (tertiary/aromatic N) is 1. The Hall–Kier alpha value is -1.10. The summed E-state index contributed by atoms with van der Waals surface area (Å²) in [6, 6.07) is 0. The van der Waals surface area contributed by atoms with Crippen LogP contribution in [0.25, 0.3) is 0 Å². The molecule has 2 bridgehead atoms. The topological polar surface area (TPSA) is 78.4 Å². The first-order chi connectivity index (χ1) is 10.2. The highest BCUT2D eigenvalue weighted by Crippen LogP contribution is 2.59. The average molecular weight is 310 g/mol. The quantitative estimate of drug-likeness (QED) is 0.459. The van der Waals surface area contributed by atoms with Gasteiger partial charge < -0.3 is 10.6 Å². The maximum atomic E-state index is 10.8. The van der Waals surface area contributed by atoms with Crippen LogP contribution in [0.4, 0.5) is 0 Å². The van der Waals surface area contributed by atoms with Crippen molar-refractivity contribution in [2.45, 2.75) is 72.3 Å². The van der Waals surface area contributed by atoms with E-state index in [2.05, 4.69) is 26.8 Å². The van der Waals surface area contributed by atoms with Crippen molar-refractivity contribution in [3.05, 3.63) is 21.8 Å². The summed E-state index contributed by atoms with van der Waals surface area (Å²) < 4.78 is 0. The first-order valence-corrected chi connectivity index (χ1v) is 8.42. The van der Waals surface area contributed by atoms with Crippen molar-refractivity contribution < 1.29 is 9.92 Å². The van der Waals surface area contributed by atoms with Crippen molar-refractivity contribution in [2.75, 3.05) is 6.54 Å². The highest BCUT2D eigenvalue weighted by Gasteiger charge is 2.51. The molecule has 0 amide bonds. The molecule has 2 aliphatic carbocycles. The summed E-state index contributed by atoms with van der Waals surface area (Å²) in [7, 11) is 0. The highest BCUT2D eigenvalue weighted by molar-refractivity contribution is 5.24. The zero-order valence-corrected chi connectivity index (χ0v) is 14.4. The number of fused-ring (bicyclic) bond motifs is 2. The lowest BCUT2D eigenvalue weighted by atomic mass is 9.51. The fourth-order valence-electron chi connectivity index (χ4n) is 5.11. The molecule has 5 nitrogen and oxygen atoms in total. The molecule has 0 spiro atoms. The third-order valence-electron chi connectivity index (χ3n) is 5.95. The summed E-state index contributed by atoms with van der Waals surface area (Å²) in [6.45, 7) is 9.29. The average Bonchev–Trinajstić information content (AvgIpc) is 2.43. The Morgan fingerprint density at radius 3 is 2.55 bits per heavy atom. The van der Waals surface area contributed by atoms with Crippen LogP contribution in [0, 0.1) is 26.4 Å². The van der Waals surface area contributed by atoms with Gasteiger partial charge in [-0.15, -0.1) is 10.1 Å². The summed E-state index contributed by atoms with van der Waals surface area (Å²) in [4.78, 5) is 15.8. The van der Waals surface area contributed by atoms with E-state index < -0.39 is 11.2 Å². The summed E-state index contributed by atoms with van der Waals surface area (Å²) in [5.41, 5.74) is 7.66. The van der Waals surface area contributed by atoms with E-state index in [1.54, 1.807) is 0 Å². The van der Waals surface area contributed by atoms with Crippen molar-refractivity contribution in [1.29, 1.82) is 0 Å². The SMILES string of the molecule is CCC(O[N+](=O)[O-])C1(C)C=C2CC(C)(CC)CC(CN)(C2)C1. The molecule has 2 rings (SSSR count). The Bertz CT molecular complexity index is 479. The van der Waals surface area contributed by atoms with Crippen LogP contribution in [0.2, 0.25) is 0 Å². The zero-order chi connectivity index (χ0) is 16.6. The van der Waals surface area contributed by atoms with Gasteiger partial charge in [0, 0.05) is 5.41 Å². The van der Waals surface area contributed by atoms with Crippen LogP contribution in [0.15, 0.2) is 11.6 Å². The monoisotopic (exact) mass is 310 g/mol. The summed E-state index contributed by atoms with van der Waals surface area (Å²) in [6.07, 6.45) is 7.76. The maximum absolute atomic E-state index is 10.8. The fourth-order valence-corrected chi connectivity index (χ4v) is 5.11. The van der Waals surface area contributed by atoms with E-state index >= 15 is 0 Å². The van der Waals surface area contributed by atoms with Gasteiger partial charge in [-0.25, -0.2) is 0 Å². The second-order valence-corrected chi connectivity index (χ2v) is 8.11. The van der Waals surface area contributed by atoms with Crippen LogP contribution in [-0.2, 0) is 4.84 Å². The van der Waals surface area contributed by atoms with Crippen molar-refractivity contribution in [2.24, 2.45) is 22.0 Å². The highest BCUT2D eigenvalue weighted by atomic mass is 17.0. The number of nitrogens with two attached hydrogens (primary N) is 1. The zero-order valence-electron chi connectivity index (χ0n) is 14.4. The molecule has 0 saturated heterocycles. The molecule has 0 aliphatic heterocycles. The van der Waals surface area contributed by atoms with Gasteiger partial charge in [0.25, 0.3) is 5.09 Å². The Morgan fingerprint density at radius 1 is 1.36 bits per heavy atom. The molecule has 0 aromatic heterocycles. The summed E-state index contributed by atoms with van der Waals surface area (Å²) >= 11 is 0. The Morgan fingerprint density at radius 2 is 2.05 bits per heavy atom. The van der Waals surface area contributed by atoms with Gasteiger partial charge in [0.15, 0.2) is 0 Å². The Balaban J connectivity index is 2.37. The van der Waals surface area contributed by atoms with Crippen molar-refractivity contribution in [3.8, 4) is 0 Å². The van der Waals surface area contributed by atoms with Crippen molar-refractivity contribution in [1.82, 2.24) is 0 Å². The fraction of sp³-hybridized carbons (Fsp3) is 0.882. The van der Waals surface area contributed by atoms with Gasteiger partial charge in [-0.2, -0.15) is 0 Å². The standard InChI is InChI=1S/C17H30N2O3/c1-5-14(22-19(20)21)16(4)8-13-7-15(3,6-2)10-17(9-13,11-16)12-18/h8,14H,5-7,9-12,18H2,1-4H3. The Labute approximate surface area is 133 Å². The summed E-state index contributed by atoms with van der Waals surface area (Å²) in [5, 5.41) is 10.2. The van der Waals surface area contributed by atoms with Crippen LogP contribution in [0.1, 0.15) is 66.2 Å². The second kappa shape index (κ2) is 5.84. The van der Waals surface area contributed by atoms with Crippen LogP contribution >= 0.6 is 0 Å². The van der Waals surface area contributed by atoms with Gasteiger partial charge in [-0.1, -0.05) is 45.8 Å². The minimum atomic E-state index is -0.645. The van der Waals surface area contributed by atoms with Gasteiger partial charge in [-0.3, -0.25) is 0 Å². The lowest BCUT2D eigenvalue weighted by molar-refractivity contribution is -0.772. The normalized spacial score (nSPS) is 39.0. The molecule has 0 aromatic rings. The summed E-state index contributed by atoms with van der Waals surface area (Å²) in [5.74, 6) is 0. The minimum absolute atomic E-state index is 0.0647. The smallest absolute Gasteiger partial charge is 0.294 e. The van der Waals surface area contributed by atoms with Gasteiger partial charge in [-0.05, 0) is 49.5 Å². The molecule has 126 valence electrons. The van der Waals surface area contributed by atoms with Crippen molar-refractivity contribution in [3.63, 3.8) is 0 Å². The van der Waals surface area contributed by atoms with E-state index in [-0.39, 0.29) is 10.8 Å². The molecular formula is C17H30N2O3. The van der Waals surface area contributed by atoms with Crippen LogP contribution in [-0.4, -0.2) is 17.7 Å². The molecule has 4 unspecified atom stereocenters. The lowest BCUT2D eigenvalue weighted by Crippen LogP contribution is -2.50. The Kier molecular flexibility index (Phi) is 4.58. The molecule has 0 aromatic carbocycles. The van der Waals surface area contributed by atoms with E-state index in [1.807, 2.05) is 6.92 Å². The van der Waals surface area contributed by atoms with E-state index in [0.717, 1.165) is 32.1 Å². The van der Waals surface area contributed by atoms with E-state index in [4.69, 9.17) is 10.6 Å². The van der Waals surface area contributed by atoms with Crippen LogP contribution in [0.3, 0.4) is 0 Å². The van der Waals surface area contributed by atoms with Crippen LogP contribution < -0.4 is 5.73 Å². The molecule has 1 saturated carbocycles. The molecular weight excluding hydrogens is 280 g/mol. The maximum Gasteiger partial charge on any atom is 0.294 e. The lowest BCUT2D eigenvalue weighted by Gasteiger charge is -2.55. The number of rotatable bonds is 6. The van der Waals surface area contributed by atoms with Gasteiger partial charge in [0.05, 0.1) is 0 Å². The molecule has 2 N–H and O–H groups in total. The first-order valence-electron chi connectivity index (χ1n) is 8.42. The van der Waals surface area contributed by atoms with Gasteiger partial charge in [0.1, 0.15) is 6.10 Å². The predicted octanol–water partition coefficient (Wildman–Crippen LogP) is 3.86. The largest absolute Gasteiger partial charge is 0.330 e. The molecule has 5 heteroatoms. The molecule has 22 heavy (non-hydrogen) atoms. The number of allylic oxidation sites excluding steroid dienone is 1. The van der Waals surface area contributed by atoms with E-state index in [0.29, 0.717) is 18.4 Å². The van der Waals surface area contributed by atoms with Gasteiger partial charge >= 0.3 is 0 Å². The first kappa shape index (κ1) is 17.3. The third-order valence-corrected chi connectivity index (χ3v) is 5.95. The van der Waals surface area contributed by atoms with E-state index in [9.17, 15) is 10.1 Å². The molecule has 0 heterocycles. The van der Waals surface area contributed by atoms with Crippen molar-refractivity contribution >= 4 is 0 Å². The third kappa shape index (κ3) is 3.14. The molecule has 1 fully saturated rings. The molecule has 0 radical (unpaired) electrons. The molecule has 4 atom stereocenters. The second-order valence-electron chi connectivity index (χ2n) is 8.11. The van der Waals surface area contributed by atoms with Gasteiger partial charge in [0.2, 0.25) is 0 Å². The predicted molar refractivity (Wildman–Crippen MR) is 86.7 cm³/mol. The van der Waals surface area contributed by atoms with Crippen LogP contribution in [0.5, 0.6) is 0 Å². The number of hydrogen-bond acceptors (Lipinski definition) is 4. The molecule has 2 aliphatic rings.